The van der Waals surface area contributed by atoms with Crippen LogP contribution >= 0.6 is 0 Å². The van der Waals surface area contributed by atoms with E-state index < -0.39 is 11.6 Å². The summed E-state index contributed by atoms with van der Waals surface area (Å²) in [7, 11) is 0. The summed E-state index contributed by atoms with van der Waals surface area (Å²) in [5, 5.41) is 0. The van der Waals surface area contributed by atoms with E-state index >= 15 is 0 Å². The molecule has 4 rings (SSSR count). The Kier molecular flexibility index (Phi) is 7.18. The molecule has 32 heavy (non-hydrogen) atoms. The number of carbonyl (C=O) groups is 1. The molecule has 170 valence electrons. The van der Waals surface area contributed by atoms with Crippen LogP contribution in [0.15, 0.2) is 40.8 Å². The largest absolute Gasteiger partial charge is 0.438 e. The molecule has 1 aliphatic rings. The van der Waals surface area contributed by atoms with Gasteiger partial charge in [-0.15, -0.1) is 0 Å². The number of rotatable bonds is 9. The predicted molar refractivity (Wildman–Crippen MR) is 121 cm³/mol. The molecule has 1 aromatic heterocycles. The number of amides is 1. The first kappa shape index (κ1) is 22.4. The van der Waals surface area contributed by atoms with Crippen molar-refractivity contribution in [2.24, 2.45) is 0 Å². The van der Waals surface area contributed by atoms with Gasteiger partial charge < -0.3 is 9.32 Å². The Hall–Kier alpha value is -2.76. The smallest absolute Gasteiger partial charge is 0.223 e. The molecule has 3 aromatic rings. The van der Waals surface area contributed by atoms with Crippen molar-refractivity contribution in [3.8, 4) is 11.1 Å². The van der Waals surface area contributed by atoms with Gasteiger partial charge in [0.2, 0.25) is 11.8 Å². The molecule has 0 N–H and O–H groups in total. The van der Waals surface area contributed by atoms with E-state index in [0.717, 1.165) is 38.3 Å². The maximum atomic E-state index is 14.2. The van der Waals surface area contributed by atoms with E-state index in [-0.39, 0.29) is 11.9 Å². The second-order valence-corrected chi connectivity index (χ2v) is 8.62. The van der Waals surface area contributed by atoms with Crippen molar-refractivity contribution in [3.63, 3.8) is 0 Å². The maximum absolute atomic E-state index is 14.2. The first-order valence-electron chi connectivity index (χ1n) is 11.7. The number of hydrogen-bond donors (Lipinski definition) is 0. The monoisotopic (exact) mass is 440 g/mol. The Morgan fingerprint density at radius 1 is 1.09 bits per heavy atom. The SMILES string of the molecule is CCCCCCCCC(=O)N1CCC[C@H]1c1nc2cc(-c3ccc(F)cc3F)ccc2o1. The third-order valence-electron chi connectivity index (χ3n) is 6.25. The van der Waals surface area contributed by atoms with Gasteiger partial charge in [-0.25, -0.2) is 13.8 Å². The van der Waals surface area contributed by atoms with Crippen LogP contribution in [0.2, 0.25) is 0 Å². The molecule has 1 aliphatic heterocycles. The minimum atomic E-state index is -0.615. The Morgan fingerprint density at radius 2 is 1.91 bits per heavy atom. The first-order chi connectivity index (χ1) is 15.6. The van der Waals surface area contributed by atoms with Crippen LogP contribution in [0.25, 0.3) is 22.2 Å². The molecule has 4 nitrogen and oxygen atoms in total. The summed E-state index contributed by atoms with van der Waals surface area (Å²) in [5.41, 5.74) is 2.13. The molecule has 0 saturated carbocycles. The summed E-state index contributed by atoms with van der Waals surface area (Å²) < 4.78 is 33.4. The summed E-state index contributed by atoms with van der Waals surface area (Å²) in [6.07, 6.45) is 9.25. The molecule has 1 atom stereocenters. The molecule has 0 radical (unpaired) electrons. The third kappa shape index (κ3) is 5.00. The summed E-state index contributed by atoms with van der Waals surface area (Å²) in [5.74, 6) is -0.525. The number of halogens is 2. The van der Waals surface area contributed by atoms with Crippen LogP contribution in [0.5, 0.6) is 0 Å². The van der Waals surface area contributed by atoms with Crippen LogP contribution in [0, 0.1) is 11.6 Å². The molecule has 0 unspecified atom stereocenters. The average Bonchev–Trinajstić information content (AvgIpc) is 3.42. The minimum Gasteiger partial charge on any atom is -0.438 e. The molecule has 1 amide bonds. The maximum Gasteiger partial charge on any atom is 0.223 e. The lowest BCUT2D eigenvalue weighted by Gasteiger charge is -2.22. The van der Waals surface area contributed by atoms with Gasteiger partial charge in [0.1, 0.15) is 23.2 Å². The van der Waals surface area contributed by atoms with E-state index in [4.69, 9.17) is 4.42 Å². The number of carbonyl (C=O) groups excluding carboxylic acids is 1. The van der Waals surface area contributed by atoms with Crippen molar-refractivity contribution in [2.45, 2.75) is 70.8 Å². The van der Waals surface area contributed by atoms with Gasteiger partial charge in [-0.05, 0) is 49.1 Å². The second-order valence-electron chi connectivity index (χ2n) is 8.62. The van der Waals surface area contributed by atoms with E-state index in [1.807, 2.05) is 4.90 Å². The molecule has 2 aromatic carbocycles. The van der Waals surface area contributed by atoms with Crippen LogP contribution < -0.4 is 0 Å². The molecular weight excluding hydrogens is 410 g/mol. The zero-order valence-electron chi connectivity index (χ0n) is 18.6. The van der Waals surface area contributed by atoms with Crippen molar-refractivity contribution >= 4 is 17.0 Å². The second kappa shape index (κ2) is 10.2. The summed E-state index contributed by atoms with van der Waals surface area (Å²) in [6, 6.07) is 8.62. The lowest BCUT2D eigenvalue weighted by atomic mass is 10.0. The Morgan fingerprint density at radius 3 is 2.72 bits per heavy atom. The van der Waals surface area contributed by atoms with E-state index in [1.165, 1.54) is 37.8 Å². The minimum absolute atomic E-state index is 0.152. The highest BCUT2D eigenvalue weighted by Gasteiger charge is 2.33. The Labute approximate surface area is 187 Å². The molecular formula is C26H30F2N2O2. The van der Waals surface area contributed by atoms with Gasteiger partial charge in [0.25, 0.3) is 0 Å². The van der Waals surface area contributed by atoms with Gasteiger partial charge >= 0.3 is 0 Å². The van der Waals surface area contributed by atoms with Gasteiger partial charge in [-0.2, -0.15) is 0 Å². The summed E-state index contributed by atoms with van der Waals surface area (Å²) in [6.45, 7) is 2.93. The zero-order chi connectivity index (χ0) is 22.5. The molecule has 0 spiro atoms. The number of unbranched alkanes of at least 4 members (excludes halogenated alkanes) is 5. The van der Waals surface area contributed by atoms with Gasteiger partial charge in [0, 0.05) is 24.6 Å². The quantitative estimate of drug-likeness (QED) is 0.331. The highest BCUT2D eigenvalue weighted by atomic mass is 19.1. The zero-order valence-corrected chi connectivity index (χ0v) is 18.6. The van der Waals surface area contributed by atoms with Crippen molar-refractivity contribution in [1.29, 1.82) is 0 Å². The third-order valence-corrected chi connectivity index (χ3v) is 6.25. The molecule has 0 aliphatic carbocycles. The van der Waals surface area contributed by atoms with Gasteiger partial charge in [-0.1, -0.05) is 45.1 Å². The summed E-state index contributed by atoms with van der Waals surface area (Å²) in [4.78, 5) is 19.4. The van der Waals surface area contributed by atoms with E-state index in [0.29, 0.717) is 34.5 Å². The van der Waals surface area contributed by atoms with E-state index in [2.05, 4.69) is 11.9 Å². The van der Waals surface area contributed by atoms with Gasteiger partial charge in [0.15, 0.2) is 5.58 Å². The molecule has 2 heterocycles. The highest BCUT2D eigenvalue weighted by molar-refractivity contribution is 5.81. The predicted octanol–water partition coefficient (Wildman–Crippen LogP) is 7.19. The molecule has 1 fully saturated rings. The average molecular weight is 441 g/mol. The first-order valence-corrected chi connectivity index (χ1v) is 11.7. The number of oxazole rings is 1. The molecule has 0 bridgehead atoms. The van der Waals surface area contributed by atoms with Crippen molar-refractivity contribution in [1.82, 2.24) is 9.88 Å². The van der Waals surface area contributed by atoms with Crippen molar-refractivity contribution < 1.29 is 18.0 Å². The lowest BCUT2D eigenvalue weighted by Crippen LogP contribution is -2.30. The fourth-order valence-electron chi connectivity index (χ4n) is 4.50. The van der Waals surface area contributed by atoms with Crippen LogP contribution in [-0.4, -0.2) is 22.3 Å². The number of likely N-dealkylation sites (tertiary alicyclic amines) is 1. The normalized spacial score (nSPS) is 16.2. The van der Waals surface area contributed by atoms with Crippen LogP contribution in [0.4, 0.5) is 8.78 Å². The fourth-order valence-corrected chi connectivity index (χ4v) is 4.50. The van der Waals surface area contributed by atoms with Gasteiger partial charge in [-0.3, -0.25) is 4.79 Å². The Balaban J connectivity index is 1.46. The van der Waals surface area contributed by atoms with E-state index in [1.54, 1.807) is 18.2 Å². The standard InChI is InChI=1S/C26H30F2N2O2/c1-2-3-4-5-6-7-10-25(31)30-15-8-9-23(30)26-29-22-16-18(11-14-24(22)32-26)20-13-12-19(27)17-21(20)28/h11-14,16-17,23H,2-10,15H2,1H3/t23-/m0/s1. The Bertz CT molecular complexity index is 1080. The lowest BCUT2D eigenvalue weighted by molar-refractivity contribution is -0.132. The van der Waals surface area contributed by atoms with E-state index in [9.17, 15) is 13.6 Å². The molecule has 6 heteroatoms. The highest BCUT2D eigenvalue weighted by Crippen LogP contribution is 2.35. The fraction of sp³-hybridized carbons (Fsp3) is 0.462. The number of fused-ring (bicyclic) bond motifs is 1. The van der Waals surface area contributed by atoms with Gasteiger partial charge in [0.05, 0.1) is 0 Å². The molecule has 1 saturated heterocycles. The van der Waals surface area contributed by atoms with Crippen LogP contribution in [0.1, 0.15) is 76.6 Å². The number of nitrogens with zero attached hydrogens (tertiary/aromatic N) is 2. The van der Waals surface area contributed by atoms with Crippen LogP contribution in [0.3, 0.4) is 0 Å². The van der Waals surface area contributed by atoms with Crippen LogP contribution in [-0.2, 0) is 4.79 Å². The summed E-state index contributed by atoms with van der Waals surface area (Å²) >= 11 is 0. The van der Waals surface area contributed by atoms with Crippen molar-refractivity contribution in [2.75, 3.05) is 6.54 Å². The number of benzene rings is 2. The number of aromatic nitrogens is 1. The van der Waals surface area contributed by atoms with Crippen molar-refractivity contribution in [3.05, 3.63) is 53.9 Å². The number of hydrogen-bond acceptors (Lipinski definition) is 3. The topological polar surface area (TPSA) is 46.3 Å².